The molecule has 3 saturated carbocycles. The number of allylic oxidation sites excluding steroid dienone is 1. The minimum absolute atomic E-state index is 0.0554. The Morgan fingerprint density at radius 1 is 1.03 bits per heavy atom. The molecule has 0 bridgehead atoms. The van der Waals surface area contributed by atoms with E-state index in [0.29, 0.717) is 40.8 Å². The monoisotopic (exact) mass is 416 g/mol. The van der Waals surface area contributed by atoms with E-state index in [1.165, 1.54) is 25.7 Å². The van der Waals surface area contributed by atoms with Gasteiger partial charge in [-0.3, -0.25) is 4.79 Å². The van der Waals surface area contributed by atoms with Crippen LogP contribution in [0.15, 0.2) is 11.6 Å². The molecule has 3 fully saturated rings. The first-order valence-electron chi connectivity index (χ1n) is 12.7. The van der Waals surface area contributed by atoms with Crippen LogP contribution in [0.3, 0.4) is 0 Å². The Balaban J connectivity index is 1.53. The average molecular weight is 417 g/mol. The van der Waals surface area contributed by atoms with Gasteiger partial charge in [0.15, 0.2) is 0 Å². The number of hydrogen-bond acceptors (Lipinski definition) is 3. The molecule has 0 aromatic heterocycles. The first-order valence-corrected chi connectivity index (χ1v) is 12.7. The van der Waals surface area contributed by atoms with Gasteiger partial charge in [0.05, 0.1) is 6.10 Å². The van der Waals surface area contributed by atoms with Crippen molar-refractivity contribution in [3.63, 3.8) is 0 Å². The fourth-order valence-electron chi connectivity index (χ4n) is 8.73. The van der Waals surface area contributed by atoms with Gasteiger partial charge in [-0.1, -0.05) is 40.7 Å². The third kappa shape index (κ3) is 3.52. The summed E-state index contributed by atoms with van der Waals surface area (Å²) >= 11 is 0. The summed E-state index contributed by atoms with van der Waals surface area (Å²) in [6.07, 6.45) is 10.4. The molecule has 4 aliphatic carbocycles. The summed E-state index contributed by atoms with van der Waals surface area (Å²) in [7, 11) is 0. The largest absolute Gasteiger partial charge is 0.390 e. The second kappa shape index (κ2) is 8.03. The van der Waals surface area contributed by atoms with Crippen LogP contribution in [0.1, 0.15) is 92.4 Å². The summed E-state index contributed by atoms with van der Waals surface area (Å²) in [5.74, 6) is 4.13. The fraction of sp³-hybridized carbons (Fsp3) is 0.889. The van der Waals surface area contributed by atoms with Crippen molar-refractivity contribution in [3.05, 3.63) is 11.6 Å². The highest BCUT2D eigenvalue weighted by molar-refractivity contribution is 5.78. The van der Waals surface area contributed by atoms with Gasteiger partial charge in [-0.25, -0.2) is 0 Å². The Labute approximate surface area is 183 Å². The molecular weight excluding hydrogens is 372 g/mol. The summed E-state index contributed by atoms with van der Waals surface area (Å²) in [4.78, 5) is 12.5. The van der Waals surface area contributed by atoms with Gasteiger partial charge in [0.2, 0.25) is 0 Å². The van der Waals surface area contributed by atoms with Crippen LogP contribution >= 0.6 is 0 Å². The number of fused-ring (bicyclic) bond motifs is 5. The smallest absolute Gasteiger partial charge is 0.133 e. The van der Waals surface area contributed by atoms with E-state index < -0.39 is 12.2 Å². The number of aliphatic hydroxyl groups is 2. The van der Waals surface area contributed by atoms with E-state index in [1.54, 1.807) is 0 Å². The predicted octanol–water partition coefficient (Wildman–Crippen LogP) is 5.54. The molecule has 0 aromatic rings. The summed E-state index contributed by atoms with van der Waals surface area (Å²) in [5, 5.41) is 20.9. The number of rotatable bonds is 5. The zero-order valence-electron chi connectivity index (χ0n) is 19.9. The Hall–Kier alpha value is -0.670. The summed E-state index contributed by atoms with van der Waals surface area (Å²) < 4.78 is 0. The maximum absolute atomic E-state index is 12.5. The molecule has 3 nitrogen and oxygen atoms in total. The summed E-state index contributed by atoms with van der Waals surface area (Å²) in [6, 6.07) is 0. The van der Waals surface area contributed by atoms with Gasteiger partial charge in [0.25, 0.3) is 0 Å². The molecule has 4 rings (SSSR count). The quantitative estimate of drug-likeness (QED) is 0.579. The van der Waals surface area contributed by atoms with Crippen molar-refractivity contribution in [2.45, 2.75) is 105 Å². The molecule has 0 heterocycles. The average Bonchev–Trinajstić information content (AvgIpc) is 3.01. The van der Waals surface area contributed by atoms with Gasteiger partial charge < -0.3 is 10.2 Å². The van der Waals surface area contributed by atoms with Gasteiger partial charge in [0.1, 0.15) is 11.9 Å². The van der Waals surface area contributed by atoms with Crippen LogP contribution in [0, 0.1) is 46.3 Å². The van der Waals surface area contributed by atoms with E-state index in [-0.39, 0.29) is 5.41 Å². The Bertz CT molecular complexity index is 696. The lowest BCUT2D eigenvalue weighted by Gasteiger charge is -2.59. The van der Waals surface area contributed by atoms with Gasteiger partial charge in [0, 0.05) is 12.8 Å². The van der Waals surface area contributed by atoms with Gasteiger partial charge in [-0.2, -0.15) is 0 Å². The number of ketones is 1. The van der Waals surface area contributed by atoms with Crippen molar-refractivity contribution >= 4 is 5.78 Å². The van der Waals surface area contributed by atoms with Crippen LogP contribution in [0.4, 0.5) is 0 Å². The zero-order valence-corrected chi connectivity index (χ0v) is 19.9. The van der Waals surface area contributed by atoms with Crippen molar-refractivity contribution in [1.29, 1.82) is 0 Å². The van der Waals surface area contributed by atoms with E-state index in [9.17, 15) is 15.0 Å². The molecule has 3 heteroatoms. The standard InChI is InChI=1S/C27H44O3/c1-16(2)14-18(28)15-17(3)20-8-9-21-19-6-7-23-25(30)24(29)11-13-27(23,5)22(19)10-12-26(20,21)4/h7,16-17,19-22,24-25,29-30H,6,8-15H2,1-5H3/t17-,19+,20-,21+,22+,24+,25-,26-,27-/m1/s1. The molecule has 0 aromatic carbocycles. The molecule has 4 aliphatic rings. The number of aliphatic hydroxyl groups excluding tert-OH is 2. The maximum atomic E-state index is 12.5. The Morgan fingerprint density at radius 2 is 1.77 bits per heavy atom. The highest BCUT2D eigenvalue weighted by Crippen LogP contribution is 2.67. The van der Waals surface area contributed by atoms with Crippen LogP contribution < -0.4 is 0 Å². The minimum Gasteiger partial charge on any atom is -0.390 e. The van der Waals surface area contributed by atoms with Crippen LogP contribution in [0.5, 0.6) is 0 Å². The van der Waals surface area contributed by atoms with E-state index in [2.05, 4.69) is 40.7 Å². The van der Waals surface area contributed by atoms with E-state index >= 15 is 0 Å². The summed E-state index contributed by atoms with van der Waals surface area (Å²) in [5.41, 5.74) is 1.54. The zero-order chi connectivity index (χ0) is 21.8. The maximum Gasteiger partial charge on any atom is 0.133 e. The molecule has 0 saturated heterocycles. The molecule has 2 N–H and O–H groups in total. The first kappa shape index (κ1) is 22.5. The Morgan fingerprint density at radius 3 is 2.47 bits per heavy atom. The van der Waals surface area contributed by atoms with E-state index in [0.717, 1.165) is 43.6 Å². The molecule has 0 unspecified atom stereocenters. The predicted molar refractivity (Wildman–Crippen MR) is 121 cm³/mol. The highest BCUT2D eigenvalue weighted by Gasteiger charge is 2.60. The number of carbonyl (C=O) groups is 1. The van der Waals surface area contributed by atoms with Crippen molar-refractivity contribution in [1.82, 2.24) is 0 Å². The fourth-order valence-corrected chi connectivity index (χ4v) is 8.73. The lowest BCUT2D eigenvalue weighted by molar-refractivity contribution is -0.121. The van der Waals surface area contributed by atoms with Crippen molar-refractivity contribution in [2.75, 3.05) is 0 Å². The second-order valence-electron chi connectivity index (χ2n) is 12.3. The van der Waals surface area contributed by atoms with Gasteiger partial charge >= 0.3 is 0 Å². The summed E-state index contributed by atoms with van der Waals surface area (Å²) in [6.45, 7) is 11.5. The SMILES string of the molecule is CC(C)CC(=O)C[C@@H](C)[C@H]1CC[C@H]2[C@@H]3CC=C4[C@@H](O)[C@@H](O)CC[C@]4(C)[C@H]3CC[C@]12C. The van der Waals surface area contributed by atoms with Crippen molar-refractivity contribution in [3.8, 4) is 0 Å². The number of Topliss-reactive ketones (excluding diaryl/α,β-unsaturated/α-hetero) is 1. The molecule has 170 valence electrons. The lowest BCUT2D eigenvalue weighted by Crippen LogP contribution is -2.53. The third-order valence-corrected chi connectivity index (χ3v) is 10.1. The molecule has 0 aliphatic heterocycles. The second-order valence-corrected chi connectivity index (χ2v) is 12.3. The highest BCUT2D eigenvalue weighted by atomic mass is 16.3. The van der Waals surface area contributed by atoms with E-state index in [4.69, 9.17) is 0 Å². The van der Waals surface area contributed by atoms with Crippen LogP contribution in [0.25, 0.3) is 0 Å². The van der Waals surface area contributed by atoms with Crippen LogP contribution in [-0.2, 0) is 4.79 Å². The van der Waals surface area contributed by atoms with Crippen LogP contribution in [0.2, 0.25) is 0 Å². The number of carbonyl (C=O) groups excluding carboxylic acids is 1. The molecule has 0 amide bonds. The normalized spacial score (nSPS) is 46.6. The van der Waals surface area contributed by atoms with Crippen molar-refractivity contribution < 1.29 is 15.0 Å². The van der Waals surface area contributed by atoms with E-state index in [1.807, 2.05) is 0 Å². The number of hydrogen-bond donors (Lipinski definition) is 2. The minimum atomic E-state index is -0.665. The molecule has 30 heavy (non-hydrogen) atoms. The molecule has 0 radical (unpaired) electrons. The van der Waals surface area contributed by atoms with Gasteiger partial charge in [-0.15, -0.1) is 0 Å². The first-order chi connectivity index (χ1) is 14.1. The van der Waals surface area contributed by atoms with Crippen molar-refractivity contribution in [2.24, 2.45) is 46.3 Å². The Kier molecular flexibility index (Phi) is 6.03. The lowest BCUT2D eigenvalue weighted by atomic mass is 9.46. The molecule has 9 atom stereocenters. The third-order valence-electron chi connectivity index (χ3n) is 10.1. The topological polar surface area (TPSA) is 57.5 Å². The molecular formula is C27H44O3. The van der Waals surface area contributed by atoms with Gasteiger partial charge in [-0.05, 0) is 96.9 Å². The van der Waals surface area contributed by atoms with Crippen LogP contribution in [-0.4, -0.2) is 28.2 Å². The molecule has 0 spiro atoms.